The van der Waals surface area contributed by atoms with Crippen LogP contribution in [0.25, 0.3) is 11.0 Å². The predicted octanol–water partition coefficient (Wildman–Crippen LogP) is 2.73. The first kappa shape index (κ1) is 17.1. The van der Waals surface area contributed by atoms with Crippen LogP contribution in [0.5, 0.6) is 5.75 Å². The third kappa shape index (κ3) is 3.12. The summed E-state index contributed by atoms with van der Waals surface area (Å²) in [4.78, 5) is 34.3. The molecule has 1 aromatic heterocycles. The number of likely N-dealkylation sites (tertiary alicyclic amines) is 1. The van der Waals surface area contributed by atoms with Gasteiger partial charge in [-0.3, -0.25) is 14.9 Å². The number of fused-ring (bicyclic) bond motifs is 1. The number of carbonyl (C=O) groups is 2. The smallest absolute Gasteiger partial charge is 0.232 e. The average molecular weight is 364 g/mol. The monoisotopic (exact) mass is 364 g/mol. The van der Waals surface area contributed by atoms with E-state index < -0.39 is 5.92 Å². The molecule has 2 aromatic carbocycles. The summed E-state index contributed by atoms with van der Waals surface area (Å²) in [7, 11) is 3.31. The Morgan fingerprint density at radius 2 is 2.07 bits per heavy atom. The fourth-order valence-corrected chi connectivity index (χ4v) is 3.61. The van der Waals surface area contributed by atoms with E-state index in [1.807, 2.05) is 48.5 Å². The Bertz CT molecular complexity index is 980. The molecule has 0 aliphatic carbocycles. The molecule has 4 rings (SSSR count). The van der Waals surface area contributed by atoms with Crippen LogP contribution in [-0.2, 0) is 9.59 Å². The minimum atomic E-state index is -0.511. The summed E-state index contributed by atoms with van der Waals surface area (Å²) in [5.41, 5.74) is 2.49. The Morgan fingerprint density at radius 1 is 1.26 bits per heavy atom. The van der Waals surface area contributed by atoms with Gasteiger partial charge in [-0.25, -0.2) is 4.98 Å². The summed E-state index contributed by atoms with van der Waals surface area (Å²) in [6.07, 6.45) is 0.157. The summed E-state index contributed by atoms with van der Waals surface area (Å²) < 4.78 is 5.28. The minimum Gasteiger partial charge on any atom is -0.497 e. The molecular weight excluding hydrogens is 344 g/mol. The van der Waals surface area contributed by atoms with Gasteiger partial charge in [0.2, 0.25) is 17.8 Å². The Morgan fingerprint density at radius 3 is 2.85 bits per heavy atom. The van der Waals surface area contributed by atoms with Crippen molar-refractivity contribution >= 4 is 28.8 Å². The van der Waals surface area contributed by atoms with Crippen molar-refractivity contribution in [3.63, 3.8) is 0 Å². The van der Waals surface area contributed by atoms with Crippen LogP contribution in [0.4, 0.5) is 5.95 Å². The number of aromatic amines is 1. The Balaban J connectivity index is 1.61. The van der Waals surface area contributed by atoms with E-state index in [4.69, 9.17) is 4.74 Å². The van der Waals surface area contributed by atoms with E-state index in [9.17, 15) is 9.59 Å². The molecule has 1 fully saturated rings. The van der Waals surface area contributed by atoms with Gasteiger partial charge in [0, 0.05) is 13.5 Å². The van der Waals surface area contributed by atoms with Gasteiger partial charge in [-0.05, 0) is 29.8 Å². The zero-order chi connectivity index (χ0) is 19.0. The number of methoxy groups -OCH3 is 1. The largest absolute Gasteiger partial charge is 0.497 e. The van der Waals surface area contributed by atoms with Crippen LogP contribution in [0.3, 0.4) is 0 Å². The van der Waals surface area contributed by atoms with Crippen LogP contribution < -0.4 is 10.1 Å². The molecule has 0 saturated carbocycles. The number of aromatic nitrogens is 2. The van der Waals surface area contributed by atoms with E-state index in [1.165, 1.54) is 0 Å². The number of nitrogens with one attached hydrogen (secondary N) is 2. The lowest BCUT2D eigenvalue weighted by Crippen LogP contribution is -2.30. The number of amides is 2. The number of carbonyl (C=O) groups excluding carboxylic acids is 2. The molecule has 2 heterocycles. The van der Waals surface area contributed by atoms with Gasteiger partial charge in [-0.1, -0.05) is 24.3 Å². The first-order valence-corrected chi connectivity index (χ1v) is 8.72. The van der Waals surface area contributed by atoms with Crippen LogP contribution in [0.2, 0.25) is 0 Å². The van der Waals surface area contributed by atoms with E-state index >= 15 is 0 Å². The van der Waals surface area contributed by atoms with Crippen LogP contribution in [-0.4, -0.2) is 40.8 Å². The lowest BCUT2D eigenvalue weighted by Gasteiger charge is -2.25. The summed E-state index contributed by atoms with van der Waals surface area (Å²) >= 11 is 0. The Kier molecular flexibility index (Phi) is 4.27. The van der Waals surface area contributed by atoms with E-state index in [1.54, 1.807) is 19.1 Å². The maximum absolute atomic E-state index is 12.9. The average Bonchev–Trinajstić information content (AvgIpc) is 3.22. The molecule has 1 aliphatic rings. The van der Waals surface area contributed by atoms with Gasteiger partial charge in [0.25, 0.3) is 0 Å². The van der Waals surface area contributed by atoms with Gasteiger partial charge in [0.05, 0.1) is 30.1 Å². The molecule has 0 unspecified atom stereocenters. The molecule has 3 aromatic rings. The maximum atomic E-state index is 12.9. The Labute approximate surface area is 156 Å². The van der Waals surface area contributed by atoms with Gasteiger partial charge in [-0.15, -0.1) is 0 Å². The normalized spacial score (nSPS) is 19.5. The molecule has 2 atom stereocenters. The second-order valence-electron chi connectivity index (χ2n) is 6.63. The molecule has 1 saturated heterocycles. The van der Waals surface area contributed by atoms with Crippen molar-refractivity contribution in [2.75, 3.05) is 19.5 Å². The quantitative estimate of drug-likeness (QED) is 0.745. The molecule has 7 nitrogen and oxygen atoms in total. The van der Waals surface area contributed by atoms with Crippen LogP contribution in [0, 0.1) is 5.92 Å². The van der Waals surface area contributed by atoms with Crippen molar-refractivity contribution in [3.8, 4) is 5.75 Å². The second kappa shape index (κ2) is 6.75. The summed E-state index contributed by atoms with van der Waals surface area (Å²) in [5, 5.41) is 2.83. The van der Waals surface area contributed by atoms with Gasteiger partial charge in [0.1, 0.15) is 5.75 Å². The van der Waals surface area contributed by atoms with Crippen molar-refractivity contribution < 1.29 is 14.3 Å². The number of hydrogen-bond acceptors (Lipinski definition) is 4. The second-order valence-corrected chi connectivity index (χ2v) is 6.63. The highest BCUT2D eigenvalue weighted by Crippen LogP contribution is 2.38. The summed E-state index contributed by atoms with van der Waals surface area (Å²) in [6.45, 7) is 0. The van der Waals surface area contributed by atoms with Gasteiger partial charge in [-0.2, -0.15) is 0 Å². The highest BCUT2D eigenvalue weighted by molar-refractivity contribution is 5.97. The number of imidazole rings is 1. The van der Waals surface area contributed by atoms with Crippen LogP contribution in [0.1, 0.15) is 18.0 Å². The number of nitrogens with zero attached hydrogens (tertiary/aromatic N) is 2. The number of anilines is 1. The molecular formula is C20H20N4O3. The van der Waals surface area contributed by atoms with Crippen molar-refractivity contribution in [1.29, 1.82) is 0 Å². The maximum Gasteiger partial charge on any atom is 0.232 e. The molecule has 2 N–H and O–H groups in total. The van der Waals surface area contributed by atoms with E-state index in [-0.39, 0.29) is 24.3 Å². The molecule has 0 bridgehead atoms. The van der Waals surface area contributed by atoms with Crippen molar-refractivity contribution in [1.82, 2.24) is 14.9 Å². The first-order valence-electron chi connectivity index (χ1n) is 8.72. The van der Waals surface area contributed by atoms with Crippen molar-refractivity contribution in [3.05, 3.63) is 54.1 Å². The third-order valence-electron chi connectivity index (χ3n) is 4.99. The Hall–Kier alpha value is -3.35. The number of benzene rings is 2. The first-order chi connectivity index (χ1) is 13.1. The number of ether oxygens (including phenoxy) is 1. The number of rotatable bonds is 4. The number of para-hydroxylation sites is 2. The highest BCUT2D eigenvalue weighted by atomic mass is 16.5. The van der Waals surface area contributed by atoms with E-state index in [2.05, 4.69) is 15.3 Å². The predicted molar refractivity (Wildman–Crippen MR) is 101 cm³/mol. The SMILES string of the molecule is COc1cccc([C@@H]2[C@@H](C(=O)Nc3nc4ccccc4[nH]3)CC(=O)N2C)c1. The lowest BCUT2D eigenvalue weighted by atomic mass is 9.93. The number of hydrogen-bond donors (Lipinski definition) is 2. The molecule has 138 valence electrons. The summed E-state index contributed by atoms with van der Waals surface area (Å²) in [6, 6.07) is 14.7. The van der Waals surface area contributed by atoms with Crippen molar-refractivity contribution in [2.45, 2.75) is 12.5 Å². The fraction of sp³-hybridized carbons (Fsp3) is 0.250. The molecule has 7 heteroatoms. The fourth-order valence-electron chi connectivity index (χ4n) is 3.61. The highest BCUT2D eigenvalue weighted by Gasteiger charge is 2.43. The zero-order valence-electron chi connectivity index (χ0n) is 15.1. The zero-order valence-corrected chi connectivity index (χ0v) is 15.1. The van der Waals surface area contributed by atoms with E-state index in [0.717, 1.165) is 16.6 Å². The van der Waals surface area contributed by atoms with Gasteiger partial charge < -0.3 is 14.6 Å². The lowest BCUT2D eigenvalue weighted by molar-refractivity contribution is -0.128. The molecule has 0 radical (unpaired) electrons. The van der Waals surface area contributed by atoms with Crippen LogP contribution in [0.15, 0.2) is 48.5 Å². The topological polar surface area (TPSA) is 87.3 Å². The molecule has 2 amide bonds. The molecule has 27 heavy (non-hydrogen) atoms. The third-order valence-corrected chi connectivity index (χ3v) is 4.99. The van der Waals surface area contributed by atoms with Crippen LogP contribution >= 0.6 is 0 Å². The number of H-pyrrole nitrogens is 1. The molecule has 0 spiro atoms. The minimum absolute atomic E-state index is 0.0624. The summed E-state index contributed by atoms with van der Waals surface area (Å²) in [5.74, 6) is 0.263. The van der Waals surface area contributed by atoms with Crippen molar-refractivity contribution in [2.24, 2.45) is 5.92 Å². The standard InChI is InChI=1S/C20H20N4O3/c1-24-17(25)11-14(18(24)12-6-5-7-13(10-12)27-2)19(26)23-20-21-15-8-3-4-9-16(15)22-20/h3-10,14,18H,11H2,1-2H3,(H2,21,22,23,26)/t14-,18+/m0/s1. The van der Waals surface area contributed by atoms with Gasteiger partial charge in [0.15, 0.2) is 0 Å². The molecule has 1 aliphatic heterocycles. The van der Waals surface area contributed by atoms with Gasteiger partial charge >= 0.3 is 0 Å². The van der Waals surface area contributed by atoms with E-state index in [0.29, 0.717) is 11.7 Å².